The maximum atomic E-state index is 11.8. The van der Waals surface area contributed by atoms with Crippen molar-refractivity contribution in [3.63, 3.8) is 0 Å². The Morgan fingerprint density at radius 2 is 1.95 bits per heavy atom. The minimum absolute atomic E-state index is 0.00382. The number of carboxylic acid groups (broad SMARTS) is 1. The van der Waals surface area contributed by atoms with Crippen molar-refractivity contribution >= 4 is 11.9 Å². The van der Waals surface area contributed by atoms with E-state index in [1.165, 1.54) is 0 Å². The molecule has 19 heavy (non-hydrogen) atoms. The Hall–Kier alpha value is -1.24. The predicted molar refractivity (Wildman–Crippen MR) is 63.0 cm³/mol. The molecule has 1 saturated carbocycles. The van der Waals surface area contributed by atoms with Gasteiger partial charge < -0.3 is 15.2 Å². The molecule has 0 aromatic heterocycles. The van der Waals surface area contributed by atoms with Crippen molar-refractivity contribution in [3.05, 3.63) is 0 Å². The van der Waals surface area contributed by atoms with Crippen LogP contribution in [0.15, 0.2) is 0 Å². The number of ether oxygens (including phenoxy) is 1. The first kappa shape index (κ1) is 15.8. The molecule has 2 N–H and O–H groups in total. The van der Waals surface area contributed by atoms with Crippen LogP contribution in [0.3, 0.4) is 0 Å². The van der Waals surface area contributed by atoms with Gasteiger partial charge in [0.2, 0.25) is 5.91 Å². The lowest BCUT2D eigenvalue weighted by atomic mass is 9.82. The predicted octanol–water partition coefficient (Wildman–Crippen LogP) is 1.42. The molecule has 0 radical (unpaired) electrons. The van der Waals surface area contributed by atoms with Gasteiger partial charge in [-0.1, -0.05) is 12.8 Å². The van der Waals surface area contributed by atoms with E-state index in [2.05, 4.69) is 10.1 Å². The first-order valence-electron chi connectivity index (χ1n) is 6.32. The van der Waals surface area contributed by atoms with Crippen molar-refractivity contribution < 1.29 is 28.2 Å². The Balaban J connectivity index is 2.24. The smallest absolute Gasteiger partial charge is 0.310 e. The van der Waals surface area contributed by atoms with Gasteiger partial charge in [0, 0.05) is 13.0 Å². The third-order valence-electron chi connectivity index (χ3n) is 3.33. The summed E-state index contributed by atoms with van der Waals surface area (Å²) in [6.07, 6.45) is 0.0742. The standard InChI is InChI=1S/C12H19F2NO4/c13-9(14)8-19-6-5-15-10(16)7-12(11(17)18)3-1-2-4-12/h9H,1-8H2,(H,15,16)(H,17,18). The monoisotopic (exact) mass is 279 g/mol. The van der Waals surface area contributed by atoms with Crippen LogP contribution in [-0.4, -0.2) is 43.2 Å². The summed E-state index contributed by atoms with van der Waals surface area (Å²) < 4.78 is 28.1. The molecule has 0 bridgehead atoms. The first-order valence-corrected chi connectivity index (χ1v) is 6.32. The van der Waals surface area contributed by atoms with Gasteiger partial charge in [-0.15, -0.1) is 0 Å². The lowest BCUT2D eigenvalue weighted by Gasteiger charge is -2.22. The Labute approximate surface area is 110 Å². The molecular formula is C12H19F2NO4. The summed E-state index contributed by atoms with van der Waals surface area (Å²) >= 11 is 0. The fraction of sp³-hybridized carbons (Fsp3) is 0.833. The zero-order valence-electron chi connectivity index (χ0n) is 10.7. The Bertz CT molecular complexity index is 317. The second kappa shape index (κ2) is 7.37. The van der Waals surface area contributed by atoms with Crippen LogP contribution in [0.1, 0.15) is 32.1 Å². The van der Waals surface area contributed by atoms with Gasteiger partial charge in [-0.25, -0.2) is 8.78 Å². The SMILES string of the molecule is O=C(CC1(C(=O)O)CCCC1)NCCOCC(F)F. The van der Waals surface area contributed by atoms with Gasteiger partial charge in [-0.3, -0.25) is 9.59 Å². The molecule has 0 unspecified atom stereocenters. The molecule has 0 aromatic carbocycles. The van der Waals surface area contributed by atoms with Crippen LogP contribution in [0.2, 0.25) is 0 Å². The Morgan fingerprint density at radius 3 is 2.47 bits per heavy atom. The number of rotatable bonds is 8. The van der Waals surface area contributed by atoms with Gasteiger partial charge in [0.25, 0.3) is 6.43 Å². The number of amides is 1. The molecule has 1 aliphatic carbocycles. The number of hydrogen-bond acceptors (Lipinski definition) is 3. The van der Waals surface area contributed by atoms with Crippen molar-refractivity contribution in [3.8, 4) is 0 Å². The van der Waals surface area contributed by atoms with E-state index >= 15 is 0 Å². The lowest BCUT2D eigenvalue weighted by Crippen LogP contribution is -2.36. The summed E-state index contributed by atoms with van der Waals surface area (Å²) in [4.78, 5) is 22.8. The second-order valence-electron chi connectivity index (χ2n) is 4.79. The van der Waals surface area contributed by atoms with Gasteiger partial charge >= 0.3 is 5.97 Å². The number of nitrogens with one attached hydrogen (secondary N) is 1. The third kappa shape index (κ3) is 5.10. The Morgan fingerprint density at radius 1 is 1.32 bits per heavy atom. The van der Waals surface area contributed by atoms with Gasteiger partial charge in [0.05, 0.1) is 12.0 Å². The van der Waals surface area contributed by atoms with Gasteiger partial charge in [-0.2, -0.15) is 0 Å². The molecule has 1 aliphatic rings. The van der Waals surface area contributed by atoms with E-state index in [9.17, 15) is 23.5 Å². The number of carbonyl (C=O) groups is 2. The minimum atomic E-state index is -2.52. The van der Waals surface area contributed by atoms with E-state index in [0.29, 0.717) is 12.8 Å². The van der Waals surface area contributed by atoms with Crippen LogP contribution in [-0.2, 0) is 14.3 Å². The molecule has 0 saturated heterocycles. The van der Waals surface area contributed by atoms with E-state index in [1.807, 2.05) is 0 Å². The molecule has 1 fully saturated rings. The fourth-order valence-electron chi connectivity index (χ4n) is 2.32. The average molecular weight is 279 g/mol. The van der Waals surface area contributed by atoms with E-state index in [0.717, 1.165) is 12.8 Å². The molecule has 0 spiro atoms. The highest BCUT2D eigenvalue weighted by atomic mass is 19.3. The van der Waals surface area contributed by atoms with E-state index < -0.39 is 24.4 Å². The summed E-state index contributed by atoms with van der Waals surface area (Å²) in [6, 6.07) is 0. The van der Waals surface area contributed by atoms with E-state index in [4.69, 9.17) is 0 Å². The maximum absolute atomic E-state index is 11.8. The van der Waals surface area contributed by atoms with Crippen LogP contribution in [0.4, 0.5) is 8.78 Å². The number of hydrogen-bond donors (Lipinski definition) is 2. The normalized spacial score (nSPS) is 17.6. The van der Waals surface area contributed by atoms with E-state index in [1.54, 1.807) is 0 Å². The molecule has 0 heterocycles. The quantitative estimate of drug-likeness (QED) is 0.659. The first-order chi connectivity index (χ1) is 8.96. The molecule has 110 valence electrons. The highest BCUT2D eigenvalue weighted by Gasteiger charge is 2.42. The highest BCUT2D eigenvalue weighted by Crippen LogP contribution is 2.41. The Kier molecular flexibility index (Phi) is 6.14. The average Bonchev–Trinajstić information content (AvgIpc) is 2.78. The van der Waals surface area contributed by atoms with Crippen molar-refractivity contribution in [2.75, 3.05) is 19.8 Å². The summed E-state index contributed by atoms with van der Waals surface area (Å²) in [7, 11) is 0. The summed E-state index contributed by atoms with van der Waals surface area (Å²) in [5.41, 5.74) is -0.950. The van der Waals surface area contributed by atoms with Crippen LogP contribution in [0.5, 0.6) is 0 Å². The minimum Gasteiger partial charge on any atom is -0.481 e. The van der Waals surface area contributed by atoms with Crippen LogP contribution in [0, 0.1) is 5.41 Å². The van der Waals surface area contributed by atoms with Crippen molar-refractivity contribution in [2.24, 2.45) is 5.41 Å². The van der Waals surface area contributed by atoms with Crippen molar-refractivity contribution in [2.45, 2.75) is 38.5 Å². The largest absolute Gasteiger partial charge is 0.481 e. The molecule has 0 aromatic rings. The topological polar surface area (TPSA) is 75.6 Å². The molecular weight excluding hydrogens is 260 g/mol. The van der Waals surface area contributed by atoms with Crippen molar-refractivity contribution in [1.29, 1.82) is 0 Å². The molecule has 5 nitrogen and oxygen atoms in total. The molecule has 1 rings (SSSR count). The number of halogens is 2. The number of aliphatic carboxylic acids is 1. The lowest BCUT2D eigenvalue weighted by molar-refractivity contribution is -0.151. The van der Waals surface area contributed by atoms with Crippen LogP contribution >= 0.6 is 0 Å². The number of carbonyl (C=O) groups excluding carboxylic acids is 1. The zero-order valence-corrected chi connectivity index (χ0v) is 10.7. The second-order valence-corrected chi connectivity index (χ2v) is 4.79. The van der Waals surface area contributed by atoms with Gasteiger partial charge in [0.1, 0.15) is 6.61 Å². The molecule has 0 atom stereocenters. The summed E-state index contributed by atoms with van der Waals surface area (Å²) in [5.74, 6) is -1.31. The highest BCUT2D eigenvalue weighted by molar-refractivity contribution is 5.85. The number of alkyl halides is 2. The third-order valence-corrected chi connectivity index (χ3v) is 3.33. The van der Waals surface area contributed by atoms with Gasteiger partial charge in [-0.05, 0) is 12.8 Å². The molecule has 0 aliphatic heterocycles. The maximum Gasteiger partial charge on any atom is 0.310 e. The van der Waals surface area contributed by atoms with Crippen molar-refractivity contribution in [1.82, 2.24) is 5.32 Å². The fourth-order valence-corrected chi connectivity index (χ4v) is 2.32. The number of carboxylic acids is 1. The summed E-state index contributed by atoms with van der Waals surface area (Å²) in [6.45, 7) is -0.549. The zero-order chi connectivity index (χ0) is 14.3. The van der Waals surface area contributed by atoms with Gasteiger partial charge in [0.15, 0.2) is 0 Å². The van der Waals surface area contributed by atoms with E-state index in [-0.39, 0.29) is 25.5 Å². The van der Waals surface area contributed by atoms with Crippen LogP contribution in [0.25, 0.3) is 0 Å². The molecule has 1 amide bonds. The molecule has 7 heteroatoms. The summed E-state index contributed by atoms with van der Waals surface area (Å²) in [5, 5.41) is 11.7. The van der Waals surface area contributed by atoms with Crippen LogP contribution < -0.4 is 5.32 Å².